The van der Waals surface area contributed by atoms with Gasteiger partial charge in [-0.25, -0.2) is 19.3 Å². The first-order valence-electron chi connectivity index (χ1n) is 14.0. The molecule has 0 radical (unpaired) electrons. The van der Waals surface area contributed by atoms with E-state index in [1.54, 1.807) is 30.6 Å². The predicted octanol–water partition coefficient (Wildman–Crippen LogP) is 4.22. The third-order valence-corrected chi connectivity index (χ3v) is 7.28. The van der Waals surface area contributed by atoms with Gasteiger partial charge in [-0.05, 0) is 61.7 Å². The Morgan fingerprint density at radius 2 is 1.78 bits per heavy atom. The molecule has 0 bridgehead atoms. The van der Waals surface area contributed by atoms with E-state index in [1.165, 1.54) is 18.6 Å². The number of likely N-dealkylation sites (tertiary alicyclic amines) is 1. The molecule has 2 fully saturated rings. The molecule has 3 aromatic heterocycles. The van der Waals surface area contributed by atoms with Crippen LogP contribution >= 0.6 is 0 Å². The fraction of sp³-hybridized carbons (Fsp3) is 0.367. The fourth-order valence-corrected chi connectivity index (χ4v) is 5.11. The number of nitrogens with one attached hydrogen (secondary N) is 2. The summed E-state index contributed by atoms with van der Waals surface area (Å²) in [6.07, 6.45) is 6.50. The highest BCUT2D eigenvalue weighted by molar-refractivity contribution is 5.79. The van der Waals surface area contributed by atoms with Crippen LogP contribution in [0.4, 0.5) is 10.3 Å². The van der Waals surface area contributed by atoms with Crippen LogP contribution in [0.1, 0.15) is 30.8 Å². The summed E-state index contributed by atoms with van der Waals surface area (Å²) in [7, 11) is 0. The van der Waals surface area contributed by atoms with Gasteiger partial charge >= 0.3 is 0 Å². The number of aromatic nitrogens is 5. The molecule has 4 aromatic rings. The van der Waals surface area contributed by atoms with E-state index in [-0.39, 0.29) is 17.6 Å². The Kier molecular flexibility index (Phi) is 8.24. The lowest BCUT2D eigenvalue weighted by molar-refractivity contribution is -0.204. The normalized spacial score (nSPS) is 19.2. The van der Waals surface area contributed by atoms with Crippen LogP contribution in [0.25, 0.3) is 22.6 Å². The van der Waals surface area contributed by atoms with Crippen molar-refractivity contribution in [3.05, 3.63) is 78.3 Å². The lowest BCUT2D eigenvalue weighted by Gasteiger charge is -2.34. The minimum absolute atomic E-state index is 0.109. The molecule has 1 aromatic carbocycles. The van der Waals surface area contributed by atoms with Crippen molar-refractivity contribution in [1.82, 2.24) is 29.8 Å². The maximum atomic E-state index is 13.7. The van der Waals surface area contributed by atoms with E-state index in [9.17, 15) is 9.18 Å². The van der Waals surface area contributed by atoms with Crippen molar-refractivity contribution in [2.45, 2.75) is 38.5 Å². The van der Waals surface area contributed by atoms with Crippen molar-refractivity contribution < 1.29 is 18.7 Å². The molecule has 0 unspecified atom stereocenters. The Labute approximate surface area is 237 Å². The number of halogens is 1. The summed E-state index contributed by atoms with van der Waals surface area (Å²) in [6, 6.07) is 13.7. The Morgan fingerprint density at radius 3 is 2.54 bits per heavy atom. The number of carbonyl (C=O) groups excluding carboxylic acids is 1. The van der Waals surface area contributed by atoms with Crippen molar-refractivity contribution in [1.29, 1.82) is 0 Å². The second kappa shape index (κ2) is 12.5. The number of aromatic amines is 1. The van der Waals surface area contributed by atoms with Gasteiger partial charge in [0.15, 0.2) is 6.29 Å². The zero-order chi connectivity index (χ0) is 28.0. The number of carbonyl (C=O) groups is 1. The van der Waals surface area contributed by atoms with E-state index in [4.69, 9.17) is 19.4 Å². The maximum absolute atomic E-state index is 13.7. The highest BCUT2D eigenvalue weighted by atomic mass is 19.1. The molecule has 212 valence electrons. The molecule has 2 N–H and O–H groups in total. The molecular formula is C30H32FN7O3. The first-order chi connectivity index (χ1) is 20.1. The van der Waals surface area contributed by atoms with Crippen LogP contribution in [0.3, 0.4) is 0 Å². The van der Waals surface area contributed by atoms with Crippen LogP contribution in [0, 0.1) is 11.7 Å². The molecule has 2 aliphatic heterocycles. The zero-order valence-corrected chi connectivity index (χ0v) is 22.6. The summed E-state index contributed by atoms with van der Waals surface area (Å²) in [6.45, 7) is 2.72. The Hall–Kier alpha value is -4.22. The van der Waals surface area contributed by atoms with E-state index in [0.717, 1.165) is 37.2 Å². The van der Waals surface area contributed by atoms with Gasteiger partial charge in [0.1, 0.15) is 11.6 Å². The van der Waals surface area contributed by atoms with Gasteiger partial charge in [0.2, 0.25) is 11.9 Å². The molecule has 0 aliphatic carbocycles. The number of rotatable bonds is 8. The quantitative estimate of drug-likeness (QED) is 0.331. The highest BCUT2D eigenvalue weighted by Gasteiger charge is 2.32. The summed E-state index contributed by atoms with van der Waals surface area (Å²) in [5.74, 6) is 0.568. The van der Waals surface area contributed by atoms with Gasteiger partial charge in [-0.1, -0.05) is 6.07 Å². The fourth-order valence-electron chi connectivity index (χ4n) is 5.11. The molecule has 6 rings (SSSR count). The molecule has 1 amide bonds. The molecule has 0 spiro atoms. The van der Waals surface area contributed by atoms with Gasteiger partial charge in [0.05, 0.1) is 54.9 Å². The summed E-state index contributed by atoms with van der Waals surface area (Å²) in [4.78, 5) is 36.4. The number of amides is 1. The van der Waals surface area contributed by atoms with Crippen molar-refractivity contribution in [2.75, 3.05) is 31.6 Å². The molecule has 0 atom stereocenters. The van der Waals surface area contributed by atoms with Gasteiger partial charge in [-0.15, -0.1) is 0 Å². The molecule has 10 nitrogen and oxygen atoms in total. The van der Waals surface area contributed by atoms with Crippen LogP contribution < -0.4 is 5.32 Å². The number of piperidine rings is 1. The number of imidazole rings is 1. The zero-order valence-electron chi connectivity index (χ0n) is 22.6. The Morgan fingerprint density at radius 1 is 0.976 bits per heavy atom. The minimum atomic E-state index is -0.540. The number of H-pyrrole nitrogens is 1. The third-order valence-electron chi connectivity index (χ3n) is 7.28. The van der Waals surface area contributed by atoms with E-state index < -0.39 is 6.29 Å². The SMILES string of the molecule is O=C(C1COC(Cc2nc(-c3ccc(F)cc3)c(-c3ccnc(NCc4ccccn4)n3)[nH]2)OC1)N1CCCCC1. The van der Waals surface area contributed by atoms with Crippen molar-refractivity contribution in [2.24, 2.45) is 5.92 Å². The smallest absolute Gasteiger partial charge is 0.230 e. The predicted molar refractivity (Wildman–Crippen MR) is 150 cm³/mol. The monoisotopic (exact) mass is 557 g/mol. The Bertz CT molecular complexity index is 1450. The lowest BCUT2D eigenvalue weighted by Crippen LogP contribution is -2.46. The van der Waals surface area contributed by atoms with Crippen molar-refractivity contribution in [3.8, 4) is 22.6 Å². The molecular weight excluding hydrogens is 525 g/mol. The van der Waals surface area contributed by atoms with E-state index in [2.05, 4.69) is 20.3 Å². The largest absolute Gasteiger partial charge is 0.351 e. The van der Waals surface area contributed by atoms with Gasteiger partial charge in [-0.3, -0.25) is 9.78 Å². The number of anilines is 1. The third kappa shape index (κ3) is 6.58. The number of pyridine rings is 1. The van der Waals surface area contributed by atoms with Crippen LogP contribution in [0.5, 0.6) is 0 Å². The van der Waals surface area contributed by atoms with Crippen molar-refractivity contribution in [3.63, 3.8) is 0 Å². The molecule has 2 aliphatic rings. The number of hydrogen-bond acceptors (Lipinski definition) is 8. The molecule has 2 saturated heterocycles. The van der Waals surface area contributed by atoms with E-state index in [0.29, 0.717) is 55.0 Å². The second-order valence-electron chi connectivity index (χ2n) is 10.2. The summed E-state index contributed by atoms with van der Waals surface area (Å²) in [5.41, 5.74) is 3.53. The summed E-state index contributed by atoms with van der Waals surface area (Å²) >= 11 is 0. The van der Waals surface area contributed by atoms with E-state index >= 15 is 0 Å². The topological polar surface area (TPSA) is 118 Å². The van der Waals surface area contributed by atoms with Crippen molar-refractivity contribution >= 4 is 11.9 Å². The van der Waals surface area contributed by atoms with Crippen LogP contribution in [-0.2, 0) is 27.2 Å². The first kappa shape index (κ1) is 27.0. The first-order valence-corrected chi connectivity index (χ1v) is 14.0. The number of benzene rings is 1. The second-order valence-corrected chi connectivity index (χ2v) is 10.2. The molecule has 0 saturated carbocycles. The average molecular weight is 558 g/mol. The van der Waals surface area contributed by atoms with Crippen LogP contribution in [0.15, 0.2) is 60.9 Å². The summed E-state index contributed by atoms with van der Waals surface area (Å²) in [5, 5.41) is 3.21. The maximum Gasteiger partial charge on any atom is 0.230 e. The lowest BCUT2D eigenvalue weighted by atomic mass is 10.1. The number of nitrogens with zero attached hydrogens (tertiary/aromatic N) is 5. The molecule has 41 heavy (non-hydrogen) atoms. The Balaban J connectivity index is 1.18. The van der Waals surface area contributed by atoms with Gasteiger partial charge in [-0.2, -0.15) is 0 Å². The van der Waals surface area contributed by atoms with Gasteiger partial charge < -0.3 is 24.7 Å². The number of hydrogen-bond donors (Lipinski definition) is 2. The van der Waals surface area contributed by atoms with Gasteiger partial charge in [0.25, 0.3) is 0 Å². The average Bonchev–Trinajstić information content (AvgIpc) is 3.45. The van der Waals surface area contributed by atoms with Crippen LogP contribution in [-0.4, -0.2) is 68.3 Å². The van der Waals surface area contributed by atoms with Crippen LogP contribution in [0.2, 0.25) is 0 Å². The standard InChI is InChI=1S/C30H32FN7O3/c31-22-9-7-20(8-10-22)27-28(24-11-13-33-30(35-24)34-17-23-6-2-3-12-32-23)37-25(36-27)16-26-40-18-21(19-41-26)29(39)38-14-4-1-5-15-38/h2-3,6-13,21,26H,1,4-5,14-19H2,(H,36,37)(H,33,34,35). The minimum Gasteiger partial charge on any atom is -0.351 e. The highest BCUT2D eigenvalue weighted by Crippen LogP contribution is 2.30. The molecule has 11 heteroatoms. The van der Waals surface area contributed by atoms with Gasteiger partial charge in [0, 0.05) is 31.0 Å². The number of ether oxygens (including phenoxy) is 2. The van der Waals surface area contributed by atoms with E-state index in [1.807, 2.05) is 23.1 Å². The summed E-state index contributed by atoms with van der Waals surface area (Å²) < 4.78 is 25.6. The molecule has 5 heterocycles.